The molecule has 0 aromatic carbocycles. The molecule has 0 amide bonds. The number of nitrogens with one attached hydrogen (secondary N) is 1. The molecule has 2 aromatic heterocycles. The van der Waals surface area contributed by atoms with Gasteiger partial charge in [-0.3, -0.25) is 0 Å². The number of ether oxygens (including phenoxy) is 1. The van der Waals surface area contributed by atoms with Crippen LogP contribution < -0.4 is 10.1 Å². The van der Waals surface area contributed by atoms with Gasteiger partial charge in [0.25, 0.3) is 0 Å². The maximum absolute atomic E-state index is 5.71. The first kappa shape index (κ1) is 12.3. The van der Waals surface area contributed by atoms with E-state index in [4.69, 9.17) is 4.74 Å². The van der Waals surface area contributed by atoms with Gasteiger partial charge in [-0.2, -0.15) is 0 Å². The zero-order valence-electron chi connectivity index (χ0n) is 10.4. The van der Waals surface area contributed by atoms with Crippen molar-refractivity contribution in [2.75, 3.05) is 19.7 Å². The van der Waals surface area contributed by atoms with Gasteiger partial charge in [-0.1, -0.05) is 6.92 Å². The van der Waals surface area contributed by atoms with Crippen LogP contribution in [0.4, 0.5) is 0 Å². The number of fused-ring (bicyclic) bond motifs is 1. The Labute approximate surface area is 105 Å². The molecule has 0 aliphatic rings. The standard InChI is InChI=1S/C12H17N3OS/c1-4-13-5-6-16-11-10-8(2)9(3)17-12(10)15-7-14-11/h7,13H,4-6H2,1-3H3. The molecular formula is C12H17N3OS. The average Bonchev–Trinajstić information content (AvgIpc) is 2.62. The molecule has 0 saturated carbocycles. The normalized spacial score (nSPS) is 11.0. The van der Waals surface area contributed by atoms with Gasteiger partial charge < -0.3 is 10.1 Å². The molecule has 5 heteroatoms. The molecular weight excluding hydrogens is 234 g/mol. The maximum atomic E-state index is 5.71. The number of hydrogen-bond acceptors (Lipinski definition) is 5. The minimum Gasteiger partial charge on any atom is -0.476 e. The summed E-state index contributed by atoms with van der Waals surface area (Å²) in [7, 11) is 0. The molecule has 2 heterocycles. The predicted octanol–water partition coefficient (Wildman–Crippen LogP) is 2.30. The van der Waals surface area contributed by atoms with Crippen LogP contribution in [0.25, 0.3) is 10.2 Å². The Kier molecular flexibility index (Phi) is 3.91. The third-order valence-corrected chi connectivity index (χ3v) is 3.81. The van der Waals surface area contributed by atoms with E-state index in [0.29, 0.717) is 12.5 Å². The van der Waals surface area contributed by atoms with Crippen LogP contribution in [0, 0.1) is 13.8 Å². The van der Waals surface area contributed by atoms with E-state index in [1.807, 2.05) is 0 Å². The van der Waals surface area contributed by atoms with Gasteiger partial charge in [0, 0.05) is 11.4 Å². The fourth-order valence-electron chi connectivity index (χ4n) is 1.66. The monoisotopic (exact) mass is 251 g/mol. The number of aryl methyl sites for hydroxylation is 2. The first-order chi connectivity index (χ1) is 8.24. The molecule has 0 radical (unpaired) electrons. The van der Waals surface area contributed by atoms with Gasteiger partial charge in [0.2, 0.25) is 5.88 Å². The minimum absolute atomic E-state index is 0.633. The van der Waals surface area contributed by atoms with E-state index in [1.165, 1.54) is 10.4 Å². The number of rotatable bonds is 5. The van der Waals surface area contributed by atoms with Crippen LogP contribution in [0.2, 0.25) is 0 Å². The molecule has 17 heavy (non-hydrogen) atoms. The minimum atomic E-state index is 0.633. The van der Waals surface area contributed by atoms with E-state index >= 15 is 0 Å². The maximum Gasteiger partial charge on any atom is 0.225 e. The van der Waals surface area contributed by atoms with E-state index in [9.17, 15) is 0 Å². The van der Waals surface area contributed by atoms with E-state index < -0.39 is 0 Å². The van der Waals surface area contributed by atoms with Gasteiger partial charge in [-0.05, 0) is 26.0 Å². The van der Waals surface area contributed by atoms with Crippen LogP contribution in [-0.2, 0) is 0 Å². The topological polar surface area (TPSA) is 47.0 Å². The summed E-state index contributed by atoms with van der Waals surface area (Å²) < 4.78 is 5.71. The van der Waals surface area contributed by atoms with Gasteiger partial charge >= 0.3 is 0 Å². The number of aromatic nitrogens is 2. The van der Waals surface area contributed by atoms with Crippen molar-refractivity contribution in [2.24, 2.45) is 0 Å². The van der Waals surface area contributed by atoms with Crippen LogP contribution in [0.3, 0.4) is 0 Å². The molecule has 1 N–H and O–H groups in total. The van der Waals surface area contributed by atoms with Gasteiger partial charge in [-0.15, -0.1) is 11.3 Å². The molecule has 4 nitrogen and oxygen atoms in total. The third kappa shape index (κ3) is 2.56. The lowest BCUT2D eigenvalue weighted by atomic mass is 10.2. The van der Waals surface area contributed by atoms with Crippen molar-refractivity contribution >= 4 is 21.6 Å². The van der Waals surface area contributed by atoms with Crippen LogP contribution in [-0.4, -0.2) is 29.7 Å². The quantitative estimate of drug-likeness (QED) is 0.828. The summed E-state index contributed by atoms with van der Waals surface area (Å²) in [6, 6.07) is 0. The average molecular weight is 251 g/mol. The second kappa shape index (κ2) is 5.42. The highest BCUT2D eigenvalue weighted by molar-refractivity contribution is 7.18. The molecule has 0 bridgehead atoms. The van der Waals surface area contributed by atoms with Crippen LogP contribution >= 0.6 is 11.3 Å². The van der Waals surface area contributed by atoms with Crippen molar-refractivity contribution in [3.05, 3.63) is 16.8 Å². The molecule has 0 unspecified atom stereocenters. The van der Waals surface area contributed by atoms with E-state index in [-0.39, 0.29) is 0 Å². The number of likely N-dealkylation sites (N-methyl/N-ethyl adjacent to an activating group) is 1. The summed E-state index contributed by atoms with van der Waals surface area (Å²) in [6.07, 6.45) is 1.57. The first-order valence-electron chi connectivity index (χ1n) is 5.78. The number of hydrogen-bond donors (Lipinski definition) is 1. The zero-order chi connectivity index (χ0) is 12.3. The lowest BCUT2D eigenvalue weighted by Crippen LogP contribution is -2.20. The van der Waals surface area contributed by atoms with Crippen molar-refractivity contribution < 1.29 is 4.74 Å². The lowest BCUT2D eigenvalue weighted by molar-refractivity contribution is 0.307. The van der Waals surface area contributed by atoms with E-state index in [0.717, 1.165) is 23.3 Å². The highest BCUT2D eigenvalue weighted by Crippen LogP contribution is 2.33. The zero-order valence-corrected chi connectivity index (χ0v) is 11.2. The molecule has 0 saturated heterocycles. The van der Waals surface area contributed by atoms with Crippen molar-refractivity contribution in [3.63, 3.8) is 0 Å². The van der Waals surface area contributed by atoms with Crippen LogP contribution in [0.1, 0.15) is 17.4 Å². The van der Waals surface area contributed by atoms with Gasteiger partial charge in [0.15, 0.2) is 0 Å². The largest absolute Gasteiger partial charge is 0.476 e. The number of thiophene rings is 1. The second-order valence-corrected chi connectivity index (χ2v) is 5.05. The van der Waals surface area contributed by atoms with Crippen molar-refractivity contribution in [2.45, 2.75) is 20.8 Å². The summed E-state index contributed by atoms with van der Waals surface area (Å²) >= 11 is 1.69. The Morgan fingerprint density at radius 2 is 2.18 bits per heavy atom. The Morgan fingerprint density at radius 3 is 2.94 bits per heavy atom. The first-order valence-corrected chi connectivity index (χ1v) is 6.60. The summed E-state index contributed by atoms with van der Waals surface area (Å²) in [5.41, 5.74) is 1.23. The fraction of sp³-hybridized carbons (Fsp3) is 0.500. The summed E-state index contributed by atoms with van der Waals surface area (Å²) in [5, 5.41) is 4.28. The summed E-state index contributed by atoms with van der Waals surface area (Å²) in [4.78, 5) is 10.8. The van der Waals surface area contributed by atoms with Gasteiger partial charge in [-0.25, -0.2) is 9.97 Å². The Morgan fingerprint density at radius 1 is 1.35 bits per heavy atom. The molecule has 0 fully saturated rings. The molecule has 0 aliphatic heterocycles. The molecule has 0 spiro atoms. The molecule has 92 valence electrons. The lowest BCUT2D eigenvalue weighted by Gasteiger charge is -2.06. The predicted molar refractivity (Wildman–Crippen MR) is 70.9 cm³/mol. The summed E-state index contributed by atoms with van der Waals surface area (Å²) in [5.74, 6) is 0.703. The number of nitrogens with zero attached hydrogens (tertiary/aromatic N) is 2. The summed E-state index contributed by atoms with van der Waals surface area (Å²) in [6.45, 7) is 8.70. The van der Waals surface area contributed by atoms with Gasteiger partial charge in [0.05, 0.1) is 5.39 Å². The van der Waals surface area contributed by atoms with Crippen molar-refractivity contribution in [1.29, 1.82) is 0 Å². The SMILES string of the molecule is CCNCCOc1ncnc2sc(C)c(C)c12. The Bertz CT molecular complexity index is 510. The van der Waals surface area contributed by atoms with E-state index in [2.05, 4.69) is 36.1 Å². The third-order valence-electron chi connectivity index (χ3n) is 2.70. The molecule has 0 aliphatic carbocycles. The second-order valence-electron chi connectivity index (χ2n) is 3.84. The highest BCUT2D eigenvalue weighted by atomic mass is 32.1. The fourth-order valence-corrected chi connectivity index (χ4v) is 2.64. The van der Waals surface area contributed by atoms with E-state index in [1.54, 1.807) is 17.7 Å². The molecule has 2 aromatic rings. The Balaban J connectivity index is 2.21. The Hall–Kier alpha value is -1.20. The smallest absolute Gasteiger partial charge is 0.225 e. The van der Waals surface area contributed by atoms with Gasteiger partial charge in [0.1, 0.15) is 17.8 Å². The van der Waals surface area contributed by atoms with Crippen molar-refractivity contribution in [3.8, 4) is 5.88 Å². The van der Waals surface area contributed by atoms with Crippen molar-refractivity contribution in [1.82, 2.24) is 15.3 Å². The van der Waals surface area contributed by atoms with Crippen LogP contribution in [0.15, 0.2) is 6.33 Å². The van der Waals surface area contributed by atoms with Crippen LogP contribution in [0.5, 0.6) is 5.88 Å². The molecule has 0 atom stereocenters. The highest BCUT2D eigenvalue weighted by Gasteiger charge is 2.12. The molecule has 2 rings (SSSR count).